The molecule has 0 saturated heterocycles. The minimum Gasteiger partial charge on any atom is -0.344 e. The van der Waals surface area contributed by atoms with Gasteiger partial charge < -0.3 is 10.6 Å². The number of benzene rings is 2. The van der Waals surface area contributed by atoms with Gasteiger partial charge in [0, 0.05) is 23.2 Å². The summed E-state index contributed by atoms with van der Waals surface area (Å²) in [5.74, 6) is -1.42. The van der Waals surface area contributed by atoms with Crippen LogP contribution in [0.1, 0.15) is 5.56 Å². The molecule has 5 nitrogen and oxygen atoms in total. The number of anilines is 1. The summed E-state index contributed by atoms with van der Waals surface area (Å²) in [5.41, 5.74) is 2.15. The lowest BCUT2D eigenvalue weighted by atomic mass is 10.2. The van der Waals surface area contributed by atoms with Gasteiger partial charge in [-0.05, 0) is 42.0 Å². The molecule has 2 amide bonds. The summed E-state index contributed by atoms with van der Waals surface area (Å²) in [4.78, 5) is 28.2. The maximum atomic E-state index is 12.1. The van der Waals surface area contributed by atoms with Crippen molar-refractivity contribution in [2.24, 2.45) is 0 Å². The molecule has 0 aliphatic rings. The highest BCUT2D eigenvalue weighted by atomic mass is 35.5. The number of amides is 2. The molecule has 3 rings (SSSR count). The molecule has 0 unspecified atom stereocenters. The Kier molecular flexibility index (Phi) is 4.72. The van der Waals surface area contributed by atoms with Gasteiger partial charge in [-0.3, -0.25) is 14.6 Å². The van der Waals surface area contributed by atoms with E-state index in [-0.39, 0.29) is 6.54 Å². The number of nitrogens with zero attached hydrogens (tertiary/aromatic N) is 1. The van der Waals surface area contributed by atoms with Crippen molar-refractivity contribution in [1.82, 2.24) is 10.3 Å². The van der Waals surface area contributed by atoms with Gasteiger partial charge in [0.2, 0.25) is 0 Å². The van der Waals surface area contributed by atoms with Crippen molar-refractivity contribution in [3.63, 3.8) is 0 Å². The Balaban J connectivity index is 1.65. The Morgan fingerprint density at radius 1 is 0.958 bits per heavy atom. The van der Waals surface area contributed by atoms with Crippen LogP contribution in [0.2, 0.25) is 5.02 Å². The highest BCUT2D eigenvalue weighted by Gasteiger charge is 2.14. The van der Waals surface area contributed by atoms with Gasteiger partial charge in [-0.15, -0.1) is 0 Å². The number of halogens is 1. The molecule has 0 radical (unpaired) electrons. The molecule has 0 atom stereocenters. The average molecular weight is 340 g/mol. The monoisotopic (exact) mass is 339 g/mol. The van der Waals surface area contributed by atoms with Crippen LogP contribution in [0.5, 0.6) is 0 Å². The van der Waals surface area contributed by atoms with Crippen LogP contribution >= 0.6 is 11.6 Å². The summed E-state index contributed by atoms with van der Waals surface area (Å²) in [6, 6.07) is 16.0. The third-order valence-corrected chi connectivity index (χ3v) is 3.72. The molecule has 120 valence electrons. The molecule has 6 heteroatoms. The number of carbonyl (C=O) groups is 2. The van der Waals surface area contributed by atoms with Gasteiger partial charge in [-0.1, -0.05) is 29.8 Å². The first-order chi connectivity index (χ1) is 11.6. The zero-order chi connectivity index (χ0) is 16.9. The normalized spacial score (nSPS) is 10.4. The van der Waals surface area contributed by atoms with E-state index >= 15 is 0 Å². The Labute approximate surface area is 143 Å². The predicted molar refractivity (Wildman–Crippen MR) is 93.7 cm³/mol. The largest absolute Gasteiger partial charge is 0.344 e. The molecule has 2 aromatic carbocycles. The Bertz CT molecular complexity index is 889. The molecule has 2 N–H and O–H groups in total. The molecule has 1 heterocycles. The van der Waals surface area contributed by atoms with Crippen LogP contribution in [-0.2, 0) is 16.1 Å². The molecule has 1 aromatic heterocycles. The molecule has 0 spiro atoms. The number of nitrogens with one attached hydrogen (secondary N) is 2. The quantitative estimate of drug-likeness (QED) is 0.720. The fourth-order valence-corrected chi connectivity index (χ4v) is 2.38. The van der Waals surface area contributed by atoms with Crippen molar-refractivity contribution in [1.29, 1.82) is 0 Å². The average Bonchev–Trinajstić information content (AvgIpc) is 2.61. The number of hydrogen-bond acceptors (Lipinski definition) is 3. The number of fused-ring (bicyclic) bond motifs is 1. The minimum atomic E-state index is -0.722. The lowest BCUT2D eigenvalue weighted by Gasteiger charge is -2.09. The molecule has 0 fully saturated rings. The van der Waals surface area contributed by atoms with E-state index in [9.17, 15) is 9.59 Å². The summed E-state index contributed by atoms with van der Waals surface area (Å²) >= 11 is 5.81. The van der Waals surface area contributed by atoms with Crippen LogP contribution in [0.3, 0.4) is 0 Å². The molecule has 0 aliphatic heterocycles. The maximum Gasteiger partial charge on any atom is 0.313 e. The third-order valence-electron chi connectivity index (χ3n) is 3.47. The minimum absolute atomic E-state index is 0.251. The Hall–Kier alpha value is -2.92. The lowest BCUT2D eigenvalue weighted by molar-refractivity contribution is -0.136. The van der Waals surface area contributed by atoms with Gasteiger partial charge in [0.1, 0.15) is 0 Å². The van der Waals surface area contributed by atoms with Crippen molar-refractivity contribution in [2.75, 3.05) is 5.32 Å². The number of hydrogen-bond donors (Lipinski definition) is 2. The van der Waals surface area contributed by atoms with E-state index in [2.05, 4.69) is 15.6 Å². The van der Waals surface area contributed by atoms with Crippen molar-refractivity contribution in [3.8, 4) is 0 Å². The smallest absolute Gasteiger partial charge is 0.313 e. The van der Waals surface area contributed by atoms with Crippen molar-refractivity contribution in [2.45, 2.75) is 6.54 Å². The number of rotatable bonds is 3. The van der Waals surface area contributed by atoms with Crippen LogP contribution in [0.25, 0.3) is 10.9 Å². The van der Waals surface area contributed by atoms with E-state index in [0.717, 1.165) is 16.5 Å². The van der Waals surface area contributed by atoms with Gasteiger partial charge in [0.25, 0.3) is 0 Å². The van der Waals surface area contributed by atoms with Crippen molar-refractivity contribution >= 4 is 40.0 Å². The van der Waals surface area contributed by atoms with Crippen LogP contribution in [0.4, 0.5) is 5.69 Å². The summed E-state index contributed by atoms with van der Waals surface area (Å²) in [6.45, 7) is 0.251. The molecule has 0 bridgehead atoms. The number of aromatic nitrogens is 1. The summed E-state index contributed by atoms with van der Waals surface area (Å²) in [6.07, 6.45) is 1.67. The maximum absolute atomic E-state index is 12.1. The zero-order valence-corrected chi connectivity index (χ0v) is 13.4. The molecule has 0 aliphatic carbocycles. The van der Waals surface area contributed by atoms with Crippen LogP contribution in [-0.4, -0.2) is 16.8 Å². The Morgan fingerprint density at radius 3 is 2.54 bits per heavy atom. The van der Waals surface area contributed by atoms with Crippen molar-refractivity contribution < 1.29 is 9.59 Å². The topological polar surface area (TPSA) is 71.1 Å². The van der Waals surface area contributed by atoms with Gasteiger partial charge in [-0.2, -0.15) is 0 Å². The predicted octanol–water partition coefficient (Wildman–Crippen LogP) is 3.14. The molecule has 24 heavy (non-hydrogen) atoms. The van der Waals surface area contributed by atoms with Gasteiger partial charge in [-0.25, -0.2) is 0 Å². The van der Waals surface area contributed by atoms with E-state index < -0.39 is 11.8 Å². The van der Waals surface area contributed by atoms with E-state index in [0.29, 0.717) is 10.7 Å². The first kappa shape index (κ1) is 16.0. The first-order valence-electron chi connectivity index (χ1n) is 7.31. The zero-order valence-electron chi connectivity index (χ0n) is 12.6. The van der Waals surface area contributed by atoms with E-state index in [4.69, 9.17) is 11.6 Å². The van der Waals surface area contributed by atoms with E-state index in [1.165, 1.54) is 0 Å². The van der Waals surface area contributed by atoms with Gasteiger partial charge in [0.05, 0.1) is 11.2 Å². The SMILES string of the molecule is O=C(NCc1ccc(Cl)cc1)C(=O)Nc1cccc2ncccc12. The third kappa shape index (κ3) is 3.70. The second-order valence-electron chi connectivity index (χ2n) is 5.14. The van der Waals surface area contributed by atoms with Crippen molar-refractivity contribution in [3.05, 3.63) is 71.4 Å². The summed E-state index contributed by atoms with van der Waals surface area (Å²) < 4.78 is 0. The number of carbonyl (C=O) groups excluding carboxylic acids is 2. The molecular formula is C18H14ClN3O2. The second kappa shape index (κ2) is 7.10. The fourth-order valence-electron chi connectivity index (χ4n) is 2.26. The van der Waals surface area contributed by atoms with E-state index in [1.807, 2.05) is 12.1 Å². The van der Waals surface area contributed by atoms with Crippen LogP contribution < -0.4 is 10.6 Å². The standard InChI is InChI=1S/C18H14ClN3O2/c19-13-8-6-12(7-9-13)11-21-17(23)18(24)22-16-5-1-4-15-14(16)3-2-10-20-15/h1-10H,11H2,(H,21,23)(H,22,24). The van der Waals surface area contributed by atoms with Crippen LogP contribution in [0, 0.1) is 0 Å². The highest BCUT2D eigenvalue weighted by Crippen LogP contribution is 2.21. The summed E-state index contributed by atoms with van der Waals surface area (Å²) in [7, 11) is 0. The number of pyridine rings is 1. The van der Waals surface area contributed by atoms with Gasteiger partial charge in [0.15, 0.2) is 0 Å². The molecule has 3 aromatic rings. The Morgan fingerprint density at radius 2 is 1.75 bits per heavy atom. The highest BCUT2D eigenvalue weighted by molar-refractivity contribution is 6.40. The van der Waals surface area contributed by atoms with Gasteiger partial charge >= 0.3 is 11.8 Å². The second-order valence-corrected chi connectivity index (χ2v) is 5.58. The molecule has 0 saturated carbocycles. The van der Waals surface area contributed by atoms with Crippen LogP contribution in [0.15, 0.2) is 60.8 Å². The fraction of sp³-hybridized carbons (Fsp3) is 0.0556. The summed E-state index contributed by atoms with van der Waals surface area (Å²) in [5, 5.41) is 6.59. The van der Waals surface area contributed by atoms with E-state index in [1.54, 1.807) is 48.7 Å². The first-order valence-corrected chi connectivity index (χ1v) is 7.68. The lowest BCUT2D eigenvalue weighted by Crippen LogP contribution is -2.35. The molecular weight excluding hydrogens is 326 g/mol.